The standard InChI is InChI=1S/C11H14F3NO/c1-2-8-7-15-6-4-9(8)10(16)3-5-11(12,13)14/h4,6-7,10,16H,2-3,5H2,1H3. The number of hydrogen-bond acceptors (Lipinski definition) is 2. The number of pyridine rings is 1. The van der Waals surface area contributed by atoms with Gasteiger partial charge >= 0.3 is 6.18 Å². The first-order chi connectivity index (χ1) is 7.44. The minimum atomic E-state index is -4.22. The highest BCUT2D eigenvalue weighted by Gasteiger charge is 2.28. The van der Waals surface area contributed by atoms with Gasteiger partial charge in [0.2, 0.25) is 0 Å². The number of nitrogens with zero attached hydrogens (tertiary/aromatic N) is 1. The van der Waals surface area contributed by atoms with Crippen LogP contribution in [0.4, 0.5) is 13.2 Å². The molecule has 1 atom stereocenters. The lowest BCUT2D eigenvalue weighted by Gasteiger charge is -2.15. The van der Waals surface area contributed by atoms with Crippen molar-refractivity contribution in [1.29, 1.82) is 0 Å². The van der Waals surface area contributed by atoms with E-state index in [9.17, 15) is 18.3 Å². The van der Waals surface area contributed by atoms with Gasteiger partial charge in [-0.05, 0) is 30.0 Å². The molecular weight excluding hydrogens is 219 g/mol. The molecule has 0 aromatic carbocycles. The second-order valence-electron chi connectivity index (χ2n) is 3.60. The van der Waals surface area contributed by atoms with Crippen molar-refractivity contribution in [3.05, 3.63) is 29.6 Å². The van der Waals surface area contributed by atoms with Gasteiger partial charge in [-0.15, -0.1) is 0 Å². The van der Waals surface area contributed by atoms with Crippen molar-refractivity contribution in [2.24, 2.45) is 0 Å². The topological polar surface area (TPSA) is 33.1 Å². The number of hydrogen-bond donors (Lipinski definition) is 1. The molecule has 0 aliphatic carbocycles. The first kappa shape index (κ1) is 13.0. The molecule has 1 aromatic heterocycles. The monoisotopic (exact) mass is 233 g/mol. The van der Waals surface area contributed by atoms with E-state index in [1.165, 1.54) is 6.20 Å². The fourth-order valence-corrected chi connectivity index (χ4v) is 1.51. The van der Waals surface area contributed by atoms with E-state index in [4.69, 9.17) is 0 Å². The zero-order valence-corrected chi connectivity index (χ0v) is 8.96. The van der Waals surface area contributed by atoms with Gasteiger partial charge in [0.25, 0.3) is 0 Å². The van der Waals surface area contributed by atoms with Crippen LogP contribution in [0.5, 0.6) is 0 Å². The minimum Gasteiger partial charge on any atom is -0.388 e. The predicted octanol–water partition coefficient (Wildman–Crippen LogP) is 3.02. The van der Waals surface area contributed by atoms with Crippen LogP contribution in [-0.4, -0.2) is 16.3 Å². The smallest absolute Gasteiger partial charge is 0.388 e. The van der Waals surface area contributed by atoms with Crippen molar-refractivity contribution in [2.75, 3.05) is 0 Å². The second kappa shape index (κ2) is 5.30. The Kier molecular flexibility index (Phi) is 4.29. The van der Waals surface area contributed by atoms with Crippen LogP contribution >= 0.6 is 0 Å². The fraction of sp³-hybridized carbons (Fsp3) is 0.545. The molecule has 1 unspecified atom stereocenters. The minimum absolute atomic E-state index is 0.305. The van der Waals surface area contributed by atoms with Gasteiger partial charge < -0.3 is 5.11 Å². The summed E-state index contributed by atoms with van der Waals surface area (Å²) in [6, 6.07) is 1.57. The number of rotatable bonds is 4. The molecule has 1 rings (SSSR count). The van der Waals surface area contributed by atoms with E-state index in [-0.39, 0.29) is 6.42 Å². The van der Waals surface area contributed by atoms with Crippen LogP contribution in [0.1, 0.15) is 37.0 Å². The zero-order chi connectivity index (χ0) is 12.2. The van der Waals surface area contributed by atoms with E-state index in [0.717, 1.165) is 5.56 Å². The maximum Gasteiger partial charge on any atom is 0.389 e. The van der Waals surface area contributed by atoms with Gasteiger partial charge in [0.15, 0.2) is 0 Å². The van der Waals surface area contributed by atoms with Crippen molar-refractivity contribution < 1.29 is 18.3 Å². The summed E-state index contributed by atoms with van der Waals surface area (Å²) < 4.78 is 36.0. The third-order valence-corrected chi connectivity index (χ3v) is 2.38. The van der Waals surface area contributed by atoms with Crippen LogP contribution in [-0.2, 0) is 6.42 Å². The summed E-state index contributed by atoms with van der Waals surface area (Å²) in [7, 11) is 0. The number of alkyl halides is 3. The van der Waals surface area contributed by atoms with Gasteiger partial charge in [0.1, 0.15) is 0 Å². The molecule has 0 radical (unpaired) electrons. The quantitative estimate of drug-likeness (QED) is 0.867. The average molecular weight is 233 g/mol. The highest BCUT2D eigenvalue weighted by Crippen LogP contribution is 2.28. The fourth-order valence-electron chi connectivity index (χ4n) is 1.51. The molecule has 1 heterocycles. The Labute approximate surface area is 92.1 Å². The van der Waals surface area contributed by atoms with E-state index in [1.807, 2.05) is 6.92 Å². The van der Waals surface area contributed by atoms with E-state index < -0.39 is 18.7 Å². The summed E-state index contributed by atoms with van der Waals surface area (Å²) in [4.78, 5) is 3.87. The number of aliphatic hydroxyl groups excluding tert-OH is 1. The summed E-state index contributed by atoms with van der Waals surface area (Å²) in [5, 5.41) is 9.67. The van der Waals surface area contributed by atoms with Gasteiger partial charge in [-0.1, -0.05) is 6.92 Å². The molecule has 0 bridgehead atoms. The Bertz CT molecular complexity index is 338. The van der Waals surface area contributed by atoms with Crippen LogP contribution in [0.15, 0.2) is 18.5 Å². The lowest BCUT2D eigenvalue weighted by molar-refractivity contribution is -0.140. The summed E-state index contributed by atoms with van der Waals surface area (Å²) in [6.45, 7) is 1.87. The van der Waals surface area contributed by atoms with Gasteiger partial charge in [0, 0.05) is 18.8 Å². The molecule has 2 nitrogen and oxygen atoms in total. The highest BCUT2D eigenvalue weighted by molar-refractivity contribution is 5.25. The Morgan fingerprint density at radius 1 is 1.44 bits per heavy atom. The second-order valence-corrected chi connectivity index (χ2v) is 3.60. The van der Waals surface area contributed by atoms with Gasteiger partial charge in [-0.25, -0.2) is 0 Å². The maximum atomic E-state index is 12.0. The van der Waals surface area contributed by atoms with Gasteiger partial charge in [-0.3, -0.25) is 4.98 Å². The number of aryl methyl sites for hydroxylation is 1. The summed E-state index contributed by atoms with van der Waals surface area (Å²) in [6.07, 6.45) is -2.87. The van der Waals surface area contributed by atoms with Gasteiger partial charge in [0.05, 0.1) is 6.10 Å². The molecule has 5 heteroatoms. The lowest BCUT2D eigenvalue weighted by atomic mass is 10.00. The Morgan fingerprint density at radius 2 is 2.12 bits per heavy atom. The molecule has 90 valence electrons. The normalized spacial score (nSPS) is 13.8. The van der Waals surface area contributed by atoms with Gasteiger partial charge in [-0.2, -0.15) is 13.2 Å². The highest BCUT2D eigenvalue weighted by atomic mass is 19.4. The number of halogens is 3. The molecule has 0 saturated heterocycles. The van der Waals surface area contributed by atoms with Crippen LogP contribution in [0.2, 0.25) is 0 Å². The van der Waals surface area contributed by atoms with E-state index in [1.54, 1.807) is 12.3 Å². The molecule has 0 spiro atoms. The van der Waals surface area contributed by atoms with Crippen LogP contribution in [0.25, 0.3) is 0 Å². The Balaban J connectivity index is 2.69. The van der Waals surface area contributed by atoms with Crippen LogP contribution in [0.3, 0.4) is 0 Å². The molecule has 0 aliphatic heterocycles. The van der Waals surface area contributed by atoms with Crippen molar-refractivity contribution in [3.63, 3.8) is 0 Å². The predicted molar refractivity (Wildman–Crippen MR) is 53.9 cm³/mol. The molecule has 0 saturated carbocycles. The van der Waals surface area contributed by atoms with E-state index >= 15 is 0 Å². The summed E-state index contributed by atoms with van der Waals surface area (Å²) >= 11 is 0. The summed E-state index contributed by atoms with van der Waals surface area (Å²) in [5.74, 6) is 0. The lowest BCUT2D eigenvalue weighted by Crippen LogP contribution is -2.11. The van der Waals surface area contributed by atoms with E-state index in [2.05, 4.69) is 4.98 Å². The van der Waals surface area contributed by atoms with Crippen LogP contribution < -0.4 is 0 Å². The molecule has 1 aromatic rings. The maximum absolute atomic E-state index is 12.0. The molecule has 0 aliphatic rings. The van der Waals surface area contributed by atoms with Crippen molar-refractivity contribution in [1.82, 2.24) is 4.98 Å². The van der Waals surface area contributed by atoms with Crippen LogP contribution in [0, 0.1) is 0 Å². The molecule has 0 fully saturated rings. The molecule has 0 amide bonds. The summed E-state index contributed by atoms with van der Waals surface area (Å²) in [5.41, 5.74) is 1.33. The van der Waals surface area contributed by atoms with Crippen molar-refractivity contribution in [2.45, 2.75) is 38.5 Å². The molecular formula is C11H14F3NO. The molecule has 1 N–H and O–H groups in total. The Hall–Kier alpha value is -1.10. The first-order valence-corrected chi connectivity index (χ1v) is 5.11. The molecule has 16 heavy (non-hydrogen) atoms. The third-order valence-electron chi connectivity index (χ3n) is 2.38. The first-order valence-electron chi connectivity index (χ1n) is 5.11. The zero-order valence-electron chi connectivity index (χ0n) is 8.96. The number of aliphatic hydroxyl groups is 1. The number of aromatic nitrogens is 1. The average Bonchev–Trinajstić information content (AvgIpc) is 2.25. The van der Waals surface area contributed by atoms with Crippen molar-refractivity contribution in [3.8, 4) is 0 Å². The van der Waals surface area contributed by atoms with Crippen molar-refractivity contribution >= 4 is 0 Å². The SMILES string of the molecule is CCc1cnccc1C(O)CCC(F)(F)F. The Morgan fingerprint density at radius 3 is 2.69 bits per heavy atom. The third kappa shape index (κ3) is 3.81. The van der Waals surface area contributed by atoms with E-state index in [0.29, 0.717) is 12.0 Å². The largest absolute Gasteiger partial charge is 0.389 e.